The average Bonchev–Trinajstić information content (AvgIpc) is 3.38. The minimum absolute atomic E-state index is 0.170. The molecule has 1 aromatic heterocycles. The lowest BCUT2D eigenvalue weighted by molar-refractivity contribution is -0.134. The summed E-state index contributed by atoms with van der Waals surface area (Å²) in [6.07, 6.45) is 7.69. The summed E-state index contributed by atoms with van der Waals surface area (Å²) in [7, 11) is 0. The molecule has 27 heavy (non-hydrogen) atoms. The van der Waals surface area contributed by atoms with E-state index in [2.05, 4.69) is 16.9 Å². The predicted molar refractivity (Wildman–Crippen MR) is 103 cm³/mol. The van der Waals surface area contributed by atoms with E-state index in [1.165, 1.54) is 21.1 Å². The van der Waals surface area contributed by atoms with Crippen molar-refractivity contribution in [2.24, 2.45) is 5.92 Å². The van der Waals surface area contributed by atoms with Crippen molar-refractivity contribution in [1.29, 1.82) is 0 Å². The van der Waals surface area contributed by atoms with Crippen molar-refractivity contribution in [3.63, 3.8) is 0 Å². The van der Waals surface area contributed by atoms with E-state index < -0.39 is 11.6 Å². The first kappa shape index (κ1) is 18.2. The number of amides is 4. The highest BCUT2D eigenvalue weighted by molar-refractivity contribution is 7.16. The van der Waals surface area contributed by atoms with Gasteiger partial charge in [-0.3, -0.25) is 19.4 Å². The third-order valence-corrected chi connectivity index (χ3v) is 6.85. The number of carbonyl (C=O) groups excluding carboxylic acids is 3. The number of hydrogen-bond donors (Lipinski definition) is 1. The van der Waals surface area contributed by atoms with E-state index in [9.17, 15) is 14.4 Å². The van der Waals surface area contributed by atoms with Crippen molar-refractivity contribution in [3.8, 4) is 0 Å². The number of thiazole rings is 1. The Morgan fingerprint density at radius 3 is 2.81 bits per heavy atom. The second-order valence-electron chi connectivity index (χ2n) is 7.66. The molecule has 1 aliphatic heterocycles. The molecule has 7 nitrogen and oxygen atoms in total. The molecule has 1 aromatic rings. The van der Waals surface area contributed by atoms with Crippen LogP contribution in [0.25, 0.3) is 0 Å². The van der Waals surface area contributed by atoms with E-state index in [1.54, 1.807) is 13.0 Å². The first-order valence-electron chi connectivity index (χ1n) is 9.48. The fourth-order valence-electron chi connectivity index (χ4n) is 3.89. The van der Waals surface area contributed by atoms with Crippen LogP contribution in [0.1, 0.15) is 43.2 Å². The monoisotopic (exact) mass is 388 g/mol. The average molecular weight is 388 g/mol. The van der Waals surface area contributed by atoms with Crippen LogP contribution < -0.4 is 10.2 Å². The summed E-state index contributed by atoms with van der Waals surface area (Å²) in [5.74, 6) is -0.450. The fourth-order valence-corrected chi connectivity index (χ4v) is 5.06. The van der Waals surface area contributed by atoms with Gasteiger partial charge in [-0.15, -0.1) is 17.9 Å². The Hall–Kier alpha value is -2.22. The van der Waals surface area contributed by atoms with Crippen molar-refractivity contribution < 1.29 is 14.4 Å². The van der Waals surface area contributed by atoms with Crippen molar-refractivity contribution in [2.45, 2.75) is 51.0 Å². The number of fused-ring (bicyclic) bond motifs is 1. The summed E-state index contributed by atoms with van der Waals surface area (Å²) in [5, 5.41) is 3.41. The molecule has 0 spiro atoms. The zero-order valence-electron chi connectivity index (χ0n) is 15.5. The number of nitrogens with one attached hydrogen (secondary N) is 1. The van der Waals surface area contributed by atoms with E-state index >= 15 is 0 Å². The standard InChI is InChI=1S/C19H24N4O3S/c1-3-10-22(18-20-13-6-4-5-7-14(13)27-18)15(24)11-23-16(25)19(2,12-8-9-12)21-17(23)26/h3,12H,1,4-11H2,2H3,(H,21,26). The van der Waals surface area contributed by atoms with Crippen LogP contribution in [-0.2, 0) is 22.4 Å². The molecular formula is C19H24N4O3S. The summed E-state index contributed by atoms with van der Waals surface area (Å²) in [6.45, 7) is 5.51. The fraction of sp³-hybridized carbons (Fsp3) is 0.579. The summed E-state index contributed by atoms with van der Waals surface area (Å²) >= 11 is 1.53. The Balaban J connectivity index is 1.52. The predicted octanol–water partition coefficient (Wildman–Crippen LogP) is 2.26. The normalized spacial score (nSPS) is 24.6. The maximum Gasteiger partial charge on any atom is 0.325 e. The molecule has 1 saturated carbocycles. The van der Waals surface area contributed by atoms with Gasteiger partial charge in [-0.25, -0.2) is 9.78 Å². The van der Waals surface area contributed by atoms with Gasteiger partial charge in [0.15, 0.2) is 5.13 Å². The number of urea groups is 1. The zero-order chi connectivity index (χ0) is 19.2. The SMILES string of the molecule is C=CCN(C(=O)CN1C(=O)NC(C)(C2CC2)C1=O)c1nc2c(s1)CCCC2. The molecular weight excluding hydrogens is 364 g/mol. The van der Waals surface area contributed by atoms with Gasteiger partial charge < -0.3 is 5.32 Å². The van der Waals surface area contributed by atoms with Crippen LogP contribution in [0, 0.1) is 5.92 Å². The van der Waals surface area contributed by atoms with Crippen molar-refractivity contribution >= 4 is 34.3 Å². The van der Waals surface area contributed by atoms with Crippen molar-refractivity contribution in [2.75, 3.05) is 18.0 Å². The Labute approximate surface area is 162 Å². The molecule has 0 radical (unpaired) electrons. The van der Waals surface area contributed by atoms with Crippen LogP contribution in [-0.4, -0.2) is 46.4 Å². The number of imide groups is 1. The molecule has 3 aliphatic rings. The molecule has 4 amide bonds. The second kappa shape index (κ2) is 6.74. The maximum atomic E-state index is 13.0. The van der Waals surface area contributed by atoms with Crippen LogP contribution in [0.2, 0.25) is 0 Å². The quantitative estimate of drug-likeness (QED) is 0.599. The first-order chi connectivity index (χ1) is 12.9. The molecule has 0 aromatic carbocycles. The highest BCUT2D eigenvalue weighted by atomic mass is 32.1. The molecule has 1 atom stereocenters. The molecule has 4 rings (SSSR count). The molecule has 0 bridgehead atoms. The molecule has 1 N–H and O–H groups in total. The van der Waals surface area contributed by atoms with Crippen LogP contribution >= 0.6 is 11.3 Å². The Morgan fingerprint density at radius 1 is 1.41 bits per heavy atom. The van der Waals surface area contributed by atoms with Crippen LogP contribution in [0.4, 0.5) is 9.93 Å². The first-order valence-corrected chi connectivity index (χ1v) is 10.3. The largest absolute Gasteiger partial charge is 0.325 e. The van der Waals surface area contributed by atoms with E-state index in [-0.39, 0.29) is 24.3 Å². The number of aryl methyl sites for hydroxylation is 2. The van der Waals surface area contributed by atoms with Crippen molar-refractivity contribution in [1.82, 2.24) is 15.2 Å². The highest BCUT2D eigenvalue weighted by Gasteiger charge is 2.56. The van der Waals surface area contributed by atoms with Crippen LogP contribution in [0.3, 0.4) is 0 Å². The van der Waals surface area contributed by atoms with Crippen molar-refractivity contribution in [3.05, 3.63) is 23.2 Å². The van der Waals surface area contributed by atoms with Gasteiger partial charge in [-0.2, -0.15) is 0 Å². The van der Waals surface area contributed by atoms with Gasteiger partial charge in [0.05, 0.1) is 5.69 Å². The third-order valence-electron chi connectivity index (χ3n) is 5.67. The Kier molecular flexibility index (Phi) is 4.53. The molecule has 2 heterocycles. The molecule has 144 valence electrons. The van der Waals surface area contributed by atoms with E-state index in [0.29, 0.717) is 11.7 Å². The lowest BCUT2D eigenvalue weighted by Crippen LogP contribution is -2.47. The van der Waals surface area contributed by atoms with Crippen LogP contribution in [0.15, 0.2) is 12.7 Å². The number of carbonyl (C=O) groups is 3. The van der Waals surface area contributed by atoms with E-state index in [0.717, 1.165) is 49.1 Å². The highest BCUT2D eigenvalue weighted by Crippen LogP contribution is 2.42. The van der Waals surface area contributed by atoms with Gasteiger partial charge in [0, 0.05) is 11.4 Å². The maximum absolute atomic E-state index is 13.0. The Bertz CT molecular complexity index is 792. The van der Waals surface area contributed by atoms with Gasteiger partial charge in [-0.1, -0.05) is 6.08 Å². The van der Waals surface area contributed by atoms with E-state index in [1.807, 2.05) is 0 Å². The lowest BCUT2D eigenvalue weighted by Gasteiger charge is -2.23. The zero-order valence-corrected chi connectivity index (χ0v) is 16.3. The van der Waals surface area contributed by atoms with Gasteiger partial charge in [-0.05, 0) is 51.4 Å². The number of hydrogen-bond acceptors (Lipinski definition) is 5. The lowest BCUT2D eigenvalue weighted by atomic mass is 9.96. The number of aromatic nitrogens is 1. The van der Waals surface area contributed by atoms with E-state index in [4.69, 9.17) is 0 Å². The number of rotatable bonds is 6. The third kappa shape index (κ3) is 3.16. The molecule has 2 aliphatic carbocycles. The number of nitrogens with zero attached hydrogens (tertiary/aromatic N) is 3. The summed E-state index contributed by atoms with van der Waals surface area (Å²) in [5.41, 5.74) is 0.195. The molecule has 1 unspecified atom stereocenters. The molecule has 8 heteroatoms. The second-order valence-corrected chi connectivity index (χ2v) is 8.73. The number of anilines is 1. The molecule has 2 fully saturated rings. The minimum Gasteiger partial charge on any atom is -0.323 e. The summed E-state index contributed by atoms with van der Waals surface area (Å²) in [6, 6.07) is -0.486. The summed E-state index contributed by atoms with van der Waals surface area (Å²) in [4.78, 5) is 46.5. The Morgan fingerprint density at radius 2 is 2.15 bits per heavy atom. The van der Waals surface area contributed by atoms with Gasteiger partial charge in [0.2, 0.25) is 5.91 Å². The van der Waals surface area contributed by atoms with Gasteiger partial charge in [0.1, 0.15) is 12.1 Å². The summed E-state index contributed by atoms with van der Waals surface area (Å²) < 4.78 is 0. The molecule has 1 saturated heterocycles. The minimum atomic E-state index is -0.874. The smallest absolute Gasteiger partial charge is 0.323 e. The van der Waals surface area contributed by atoms with Crippen LogP contribution in [0.5, 0.6) is 0 Å². The topological polar surface area (TPSA) is 82.6 Å². The van der Waals surface area contributed by atoms with Gasteiger partial charge in [0.25, 0.3) is 5.91 Å². The van der Waals surface area contributed by atoms with Gasteiger partial charge >= 0.3 is 6.03 Å².